The summed E-state index contributed by atoms with van der Waals surface area (Å²) in [5.41, 5.74) is 8.50. The molecule has 0 fully saturated rings. The Hall–Kier alpha value is -1.22. The van der Waals surface area contributed by atoms with Crippen LogP contribution < -0.4 is 10.5 Å². The fraction of sp³-hybridized carbons (Fsp3) is 0.455. The van der Waals surface area contributed by atoms with E-state index in [9.17, 15) is 5.11 Å². The normalized spacial score (nSPS) is 12.6. The van der Waals surface area contributed by atoms with E-state index in [0.29, 0.717) is 5.75 Å². The molecular weight excluding hydrogens is 178 g/mol. The van der Waals surface area contributed by atoms with Gasteiger partial charge in [-0.2, -0.15) is 0 Å². The molecule has 3 heteroatoms. The predicted octanol–water partition coefficient (Wildman–Crippen LogP) is 2.04. The van der Waals surface area contributed by atoms with Crippen LogP contribution in [0.4, 0.5) is 0 Å². The largest absolute Gasteiger partial charge is 0.504 e. The molecule has 1 atom stereocenters. The smallest absolute Gasteiger partial charge is 0.163 e. The first-order valence-corrected chi connectivity index (χ1v) is 4.61. The fourth-order valence-electron chi connectivity index (χ4n) is 1.49. The maximum Gasteiger partial charge on any atom is 0.163 e. The quantitative estimate of drug-likeness (QED) is 0.759. The molecule has 78 valence electrons. The van der Waals surface area contributed by atoms with Crippen molar-refractivity contribution in [1.29, 1.82) is 0 Å². The average molecular weight is 195 g/mol. The van der Waals surface area contributed by atoms with E-state index in [1.54, 1.807) is 7.11 Å². The molecule has 1 aromatic rings. The lowest BCUT2D eigenvalue weighted by Crippen LogP contribution is -2.07. The van der Waals surface area contributed by atoms with Crippen LogP contribution in [0.1, 0.15) is 29.7 Å². The van der Waals surface area contributed by atoms with Gasteiger partial charge in [-0.3, -0.25) is 0 Å². The molecule has 14 heavy (non-hydrogen) atoms. The molecule has 0 aliphatic rings. The van der Waals surface area contributed by atoms with Crippen LogP contribution in [-0.2, 0) is 0 Å². The number of aryl methyl sites for hydroxylation is 1. The highest BCUT2D eigenvalue weighted by Crippen LogP contribution is 2.37. The van der Waals surface area contributed by atoms with Crippen LogP contribution in [0, 0.1) is 13.8 Å². The maximum atomic E-state index is 9.86. The third-order valence-corrected chi connectivity index (χ3v) is 2.49. The Balaban J connectivity index is 3.42. The van der Waals surface area contributed by atoms with Crippen LogP contribution in [-0.4, -0.2) is 12.2 Å². The Kier molecular flexibility index (Phi) is 3.01. The van der Waals surface area contributed by atoms with Gasteiger partial charge in [0.25, 0.3) is 0 Å². The van der Waals surface area contributed by atoms with E-state index >= 15 is 0 Å². The van der Waals surface area contributed by atoms with Gasteiger partial charge in [-0.25, -0.2) is 0 Å². The standard InChI is InChI=1S/C11H17NO2/c1-6-5-9(8(3)12)10(13)11(14-4)7(6)2/h5,8,13H,12H2,1-4H3/t8-/m1/s1. The van der Waals surface area contributed by atoms with Gasteiger partial charge in [0, 0.05) is 11.6 Å². The zero-order valence-corrected chi connectivity index (χ0v) is 9.09. The molecule has 0 aromatic heterocycles. The summed E-state index contributed by atoms with van der Waals surface area (Å²) >= 11 is 0. The molecule has 0 spiro atoms. The summed E-state index contributed by atoms with van der Waals surface area (Å²) in [6, 6.07) is 1.71. The highest BCUT2D eigenvalue weighted by atomic mass is 16.5. The van der Waals surface area contributed by atoms with Crippen LogP contribution >= 0.6 is 0 Å². The summed E-state index contributed by atoms with van der Waals surface area (Å²) in [5.74, 6) is 0.683. The van der Waals surface area contributed by atoms with Gasteiger partial charge < -0.3 is 15.6 Å². The lowest BCUT2D eigenvalue weighted by atomic mass is 10.00. The van der Waals surface area contributed by atoms with E-state index in [1.165, 1.54) is 0 Å². The van der Waals surface area contributed by atoms with Gasteiger partial charge in [0.1, 0.15) is 0 Å². The van der Waals surface area contributed by atoms with E-state index in [-0.39, 0.29) is 11.8 Å². The van der Waals surface area contributed by atoms with E-state index in [2.05, 4.69) is 0 Å². The van der Waals surface area contributed by atoms with E-state index in [0.717, 1.165) is 16.7 Å². The third kappa shape index (κ3) is 1.68. The van der Waals surface area contributed by atoms with E-state index in [1.807, 2.05) is 26.8 Å². The van der Waals surface area contributed by atoms with Gasteiger partial charge in [-0.05, 0) is 31.9 Å². The molecule has 0 aliphatic carbocycles. The summed E-state index contributed by atoms with van der Waals surface area (Å²) in [5, 5.41) is 9.86. The number of phenolic OH excluding ortho intramolecular Hbond substituents is 1. The summed E-state index contributed by atoms with van der Waals surface area (Å²) < 4.78 is 5.14. The summed E-state index contributed by atoms with van der Waals surface area (Å²) in [4.78, 5) is 0. The Labute approximate surface area is 84.5 Å². The number of hydrogen-bond acceptors (Lipinski definition) is 3. The molecule has 0 saturated carbocycles. The Morgan fingerprint density at radius 3 is 2.43 bits per heavy atom. The second-order valence-electron chi connectivity index (χ2n) is 3.58. The SMILES string of the molecule is COc1c(C)c(C)cc([C@@H](C)N)c1O. The molecule has 0 unspecified atom stereocenters. The zero-order chi connectivity index (χ0) is 10.9. The van der Waals surface area contributed by atoms with E-state index in [4.69, 9.17) is 10.5 Å². The molecule has 3 nitrogen and oxygen atoms in total. The van der Waals surface area contributed by atoms with Gasteiger partial charge in [0.05, 0.1) is 7.11 Å². The molecule has 0 amide bonds. The predicted molar refractivity (Wildman–Crippen MR) is 56.7 cm³/mol. The number of aromatic hydroxyl groups is 1. The van der Waals surface area contributed by atoms with Crippen LogP contribution in [0.15, 0.2) is 6.07 Å². The van der Waals surface area contributed by atoms with Crippen molar-refractivity contribution in [2.75, 3.05) is 7.11 Å². The van der Waals surface area contributed by atoms with Crippen molar-refractivity contribution in [2.45, 2.75) is 26.8 Å². The third-order valence-electron chi connectivity index (χ3n) is 2.49. The minimum absolute atomic E-state index is 0.158. The van der Waals surface area contributed by atoms with Crippen molar-refractivity contribution >= 4 is 0 Å². The van der Waals surface area contributed by atoms with Crippen molar-refractivity contribution in [3.05, 3.63) is 22.8 Å². The number of nitrogens with two attached hydrogens (primary N) is 1. The number of benzene rings is 1. The van der Waals surface area contributed by atoms with Crippen LogP contribution in [0.25, 0.3) is 0 Å². The second-order valence-corrected chi connectivity index (χ2v) is 3.58. The number of methoxy groups -OCH3 is 1. The van der Waals surface area contributed by atoms with Crippen LogP contribution in [0.2, 0.25) is 0 Å². The van der Waals surface area contributed by atoms with Gasteiger partial charge in [-0.1, -0.05) is 6.07 Å². The number of phenols is 1. The van der Waals surface area contributed by atoms with Gasteiger partial charge in [0.2, 0.25) is 0 Å². The monoisotopic (exact) mass is 195 g/mol. The molecule has 0 aliphatic heterocycles. The van der Waals surface area contributed by atoms with Gasteiger partial charge >= 0.3 is 0 Å². The zero-order valence-electron chi connectivity index (χ0n) is 9.09. The second kappa shape index (κ2) is 3.88. The molecule has 0 bridgehead atoms. The first-order valence-electron chi connectivity index (χ1n) is 4.61. The van der Waals surface area contributed by atoms with Crippen molar-refractivity contribution in [3.8, 4) is 11.5 Å². The summed E-state index contributed by atoms with van der Waals surface area (Å²) in [6.07, 6.45) is 0. The van der Waals surface area contributed by atoms with Crippen molar-refractivity contribution in [3.63, 3.8) is 0 Å². The van der Waals surface area contributed by atoms with Crippen LogP contribution in [0.5, 0.6) is 11.5 Å². The number of rotatable bonds is 2. The summed E-state index contributed by atoms with van der Waals surface area (Å²) in [6.45, 7) is 5.73. The lowest BCUT2D eigenvalue weighted by molar-refractivity contribution is 0.366. The molecule has 1 rings (SSSR count). The molecule has 0 heterocycles. The van der Waals surface area contributed by atoms with Gasteiger partial charge in [-0.15, -0.1) is 0 Å². The topological polar surface area (TPSA) is 55.5 Å². The maximum absolute atomic E-state index is 9.86. The fourth-order valence-corrected chi connectivity index (χ4v) is 1.49. The number of hydrogen-bond donors (Lipinski definition) is 2. The van der Waals surface area contributed by atoms with Crippen LogP contribution in [0.3, 0.4) is 0 Å². The minimum Gasteiger partial charge on any atom is -0.504 e. The molecular formula is C11H17NO2. The first-order chi connectivity index (χ1) is 6.49. The van der Waals surface area contributed by atoms with Crippen molar-refractivity contribution in [2.24, 2.45) is 5.73 Å². The molecule has 3 N–H and O–H groups in total. The van der Waals surface area contributed by atoms with Crippen molar-refractivity contribution < 1.29 is 9.84 Å². The molecule has 0 radical (unpaired) electrons. The minimum atomic E-state index is -0.191. The Morgan fingerprint density at radius 2 is 2.00 bits per heavy atom. The van der Waals surface area contributed by atoms with E-state index < -0.39 is 0 Å². The summed E-state index contributed by atoms with van der Waals surface area (Å²) in [7, 11) is 1.55. The van der Waals surface area contributed by atoms with Gasteiger partial charge in [0.15, 0.2) is 11.5 Å². The Morgan fingerprint density at radius 1 is 1.43 bits per heavy atom. The molecule has 0 saturated heterocycles. The Bertz CT molecular complexity index is 346. The highest BCUT2D eigenvalue weighted by molar-refractivity contribution is 5.54. The highest BCUT2D eigenvalue weighted by Gasteiger charge is 2.15. The average Bonchev–Trinajstić information content (AvgIpc) is 2.12. The molecule has 1 aromatic carbocycles. The lowest BCUT2D eigenvalue weighted by Gasteiger charge is -2.16. The number of ether oxygens (including phenoxy) is 1. The first kappa shape index (κ1) is 10.9. The van der Waals surface area contributed by atoms with Crippen molar-refractivity contribution in [1.82, 2.24) is 0 Å².